The second-order valence-electron chi connectivity index (χ2n) is 3.92. The summed E-state index contributed by atoms with van der Waals surface area (Å²) >= 11 is 6.00. The van der Waals surface area contributed by atoms with Crippen molar-refractivity contribution in [3.8, 4) is 0 Å². The smallest absolute Gasteiger partial charge is 0.171 e. The van der Waals surface area contributed by atoms with Crippen molar-refractivity contribution in [1.29, 1.82) is 0 Å². The van der Waals surface area contributed by atoms with Gasteiger partial charge in [-0.2, -0.15) is 0 Å². The molecule has 0 atom stereocenters. The maximum absolute atomic E-state index is 6.00. The molecule has 18 heavy (non-hydrogen) atoms. The molecule has 0 saturated carbocycles. The molecule has 0 aliphatic heterocycles. The Morgan fingerprint density at radius 2 is 1.83 bits per heavy atom. The van der Waals surface area contributed by atoms with Crippen molar-refractivity contribution in [1.82, 2.24) is 9.97 Å². The van der Waals surface area contributed by atoms with Crippen molar-refractivity contribution in [2.24, 2.45) is 0 Å². The second kappa shape index (κ2) is 8.24. The molecule has 0 saturated heterocycles. The summed E-state index contributed by atoms with van der Waals surface area (Å²) in [6.07, 6.45) is 0.884. The molecule has 0 spiro atoms. The van der Waals surface area contributed by atoms with Crippen LogP contribution in [0.1, 0.15) is 17.8 Å². The summed E-state index contributed by atoms with van der Waals surface area (Å²) in [6.45, 7) is 6.50. The average Bonchev–Trinajstić information content (AvgIpc) is 2.34. The highest BCUT2D eigenvalue weighted by atomic mass is 35.5. The number of anilines is 1. The topological polar surface area (TPSA) is 56.3 Å². The molecule has 0 unspecified atom stereocenters. The molecular formula is C12H20ClN3O2. The average molecular weight is 274 g/mol. The van der Waals surface area contributed by atoms with E-state index in [0.717, 1.165) is 24.4 Å². The number of ether oxygens (including phenoxy) is 2. The molecule has 1 rings (SSSR count). The van der Waals surface area contributed by atoms with E-state index in [9.17, 15) is 0 Å². The van der Waals surface area contributed by atoms with Crippen LogP contribution in [0.4, 0.5) is 5.82 Å². The van der Waals surface area contributed by atoms with Crippen molar-refractivity contribution in [2.45, 2.75) is 20.3 Å². The van der Waals surface area contributed by atoms with Crippen LogP contribution in [0.25, 0.3) is 0 Å². The number of rotatable bonds is 8. The van der Waals surface area contributed by atoms with Crippen LogP contribution in [-0.4, -0.2) is 43.4 Å². The Hall–Kier alpha value is -0.910. The maximum Gasteiger partial charge on any atom is 0.171 e. The molecule has 1 aromatic heterocycles. The minimum Gasteiger partial charge on any atom is -0.382 e. The standard InChI is InChI=1S/C12H20ClN3O2/c1-9-10(2)16-12(11(13)15-9)14-5-4-6-18-8-7-17-3/h4-8H2,1-3H3,(H,14,16). The number of aromatic nitrogens is 2. The first-order valence-electron chi connectivity index (χ1n) is 5.96. The number of nitrogens with one attached hydrogen (secondary N) is 1. The number of halogens is 1. The highest BCUT2D eigenvalue weighted by Gasteiger charge is 2.05. The SMILES string of the molecule is COCCOCCCNc1nc(C)c(C)nc1Cl. The molecule has 0 radical (unpaired) electrons. The van der Waals surface area contributed by atoms with E-state index in [4.69, 9.17) is 21.1 Å². The van der Waals surface area contributed by atoms with Gasteiger partial charge in [-0.15, -0.1) is 0 Å². The molecule has 0 aromatic carbocycles. The van der Waals surface area contributed by atoms with Gasteiger partial charge in [0.25, 0.3) is 0 Å². The Bertz CT molecular complexity index is 375. The Morgan fingerprint density at radius 1 is 1.11 bits per heavy atom. The van der Waals surface area contributed by atoms with Crippen LogP contribution in [0.5, 0.6) is 0 Å². The van der Waals surface area contributed by atoms with Crippen molar-refractivity contribution < 1.29 is 9.47 Å². The van der Waals surface area contributed by atoms with Gasteiger partial charge in [0.05, 0.1) is 24.6 Å². The Morgan fingerprint density at radius 3 is 2.56 bits per heavy atom. The van der Waals surface area contributed by atoms with Gasteiger partial charge >= 0.3 is 0 Å². The van der Waals surface area contributed by atoms with E-state index in [1.54, 1.807) is 7.11 Å². The molecule has 1 aromatic rings. The van der Waals surface area contributed by atoms with Gasteiger partial charge in [-0.25, -0.2) is 9.97 Å². The lowest BCUT2D eigenvalue weighted by Gasteiger charge is -2.09. The van der Waals surface area contributed by atoms with E-state index in [-0.39, 0.29) is 0 Å². The third-order valence-electron chi connectivity index (χ3n) is 2.45. The van der Waals surface area contributed by atoms with E-state index < -0.39 is 0 Å². The van der Waals surface area contributed by atoms with E-state index in [1.807, 2.05) is 13.8 Å². The number of hydrogen-bond acceptors (Lipinski definition) is 5. The molecule has 0 bridgehead atoms. The maximum atomic E-state index is 6.00. The Balaban J connectivity index is 2.25. The van der Waals surface area contributed by atoms with Gasteiger partial charge < -0.3 is 14.8 Å². The molecule has 102 valence electrons. The zero-order valence-electron chi connectivity index (χ0n) is 11.1. The zero-order valence-corrected chi connectivity index (χ0v) is 11.9. The summed E-state index contributed by atoms with van der Waals surface area (Å²) in [7, 11) is 1.66. The van der Waals surface area contributed by atoms with Crippen LogP contribution < -0.4 is 5.32 Å². The monoisotopic (exact) mass is 273 g/mol. The van der Waals surface area contributed by atoms with Crippen LogP contribution in [0.3, 0.4) is 0 Å². The number of aryl methyl sites for hydroxylation is 2. The third-order valence-corrected chi connectivity index (χ3v) is 2.72. The number of methoxy groups -OCH3 is 1. The summed E-state index contributed by atoms with van der Waals surface area (Å²) in [5.41, 5.74) is 1.74. The van der Waals surface area contributed by atoms with Crippen LogP contribution >= 0.6 is 11.6 Å². The highest BCUT2D eigenvalue weighted by Crippen LogP contribution is 2.18. The lowest BCUT2D eigenvalue weighted by Crippen LogP contribution is -2.10. The molecule has 0 aliphatic rings. The van der Waals surface area contributed by atoms with Crippen LogP contribution in [0.2, 0.25) is 5.15 Å². The molecule has 0 aliphatic carbocycles. The first kappa shape index (κ1) is 15.1. The van der Waals surface area contributed by atoms with Crippen molar-refractivity contribution >= 4 is 17.4 Å². The predicted molar refractivity (Wildman–Crippen MR) is 72.3 cm³/mol. The number of nitrogens with zero attached hydrogens (tertiary/aromatic N) is 2. The Kier molecular flexibility index (Phi) is 6.93. The largest absolute Gasteiger partial charge is 0.382 e. The Labute approximate surface area is 113 Å². The fourth-order valence-corrected chi connectivity index (χ4v) is 1.55. The van der Waals surface area contributed by atoms with Crippen LogP contribution in [-0.2, 0) is 9.47 Å². The van der Waals surface area contributed by atoms with Crippen molar-refractivity contribution in [2.75, 3.05) is 38.8 Å². The van der Waals surface area contributed by atoms with E-state index in [2.05, 4.69) is 15.3 Å². The predicted octanol–water partition coefficient (Wildman–Crippen LogP) is 2.21. The minimum absolute atomic E-state index is 0.415. The van der Waals surface area contributed by atoms with Gasteiger partial charge in [-0.3, -0.25) is 0 Å². The van der Waals surface area contributed by atoms with Crippen molar-refractivity contribution in [3.63, 3.8) is 0 Å². The summed E-state index contributed by atoms with van der Waals surface area (Å²) < 4.78 is 10.2. The first-order valence-corrected chi connectivity index (χ1v) is 6.34. The summed E-state index contributed by atoms with van der Waals surface area (Å²) in [5.74, 6) is 0.636. The summed E-state index contributed by atoms with van der Waals surface area (Å²) in [6, 6.07) is 0. The van der Waals surface area contributed by atoms with Gasteiger partial charge in [0.15, 0.2) is 11.0 Å². The molecule has 1 N–H and O–H groups in total. The molecule has 0 amide bonds. The minimum atomic E-state index is 0.415. The molecule has 1 heterocycles. The van der Waals surface area contributed by atoms with Gasteiger partial charge in [-0.1, -0.05) is 11.6 Å². The third kappa shape index (κ3) is 5.16. The van der Waals surface area contributed by atoms with Crippen LogP contribution in [0, 0.1) is 13.8 Å². The fraction of sp³-hybridized carbons (Fsp3) is 0.667. The normalized spacial score (nSPS) is 10.7. The molecular weight excluding hydrogens is 254 g/mol. The van der Waals surface area contributed by atoms with E-state index in [1.165, 1.54) is 0 Å². The quantitative estimate of drug-likeness (QED) is 0.736. The lowest BCUT2D eigenvalue weighted by atomic mass is 10.3. The van der Waals surface area contributed by atoms with E-state index >= 15 is 0 Å². The summed E-state index contributed by atoms with van der Waals surface area (Å²) in [4.78, 5) is 8.56. The fourth-order valence-electron chi connectivity index (χ4n) is 1.31. The van der Waals surface area contributed by atoms with Gasteiger partial charge in [-0.05, 0) is 20.3 Å². The molecule has 6 heteroatoms. The number of hydrogen-bond donors (Lipinski definition) is 1. The first-order chi connectivity index (χ1) is 8.65. The van der Waals surface area contributed by atoms with Crippen LogP contribution in [0.15, 0.2) is 0 Å². The zero-order chi connectivity index (χ0) is 13.4. The van der Waals surface area contributed by atoms with Gasteiger partial charge in [0.1, 0.15) is 0 Å². The van der Waals surface area contributed by atoms with Gasteiger partial charge in [0, 0.05) is 20.3 Å². The summed E-state index contributed by atoms with van der Waals surface area (Å²) in [5, 5.41) is 3.57. The second-order valence-corrected chi connectivity index (χ2v) is 4.28. The molecule has 0 fully saturated rings. The van der Waals surface area contributed by atoms with Crippen molar-refractivity contribution in [3.05, 3.63) is 16.5 Å². The lowest BCUT2D eigenvalue weighted by molar-refractivity contribution is 0.0705. The highest BCUT2D eigenvalue weighted by molar-refractivity contribution is 6.31. The van der Waals surface area contributed by atoms with E-state index in [0.29, 0.717) is 30.8 Å². The van der Waals surface area contributed by atoms with Gasteiger partial charge in [0.2, 0.25) is 0 Å². The molecule has 5 nitrogen and oxygen atoms in total.